The van der Waals surface area contributed by atoms with Crippen LogP contribution in [0.5, 0.6) is 0 Å². The number of hydrazine groups is 1. The third kappa shape index (κ3) is 4.65. The maximum atomic E-state index is 13.2. The van der Waals surface area contributed by atoms with E-state index in [1.54, 1.807) is 13.8 Å². The summed E-state index contributed by atoms with van der Waals surface area (Å²) in [6.07, 6.45) is 0.263. The molecular formula is C14H25F3N2O. The Kier molecular flexibility index (Phi) is 5.86. The highest BCUT2D eigenvalue weighted by molar-refractivity contribution is 5.78. The van der Waals surface area contributed by atoms with Gasteiger partial charge >= 0.3 is 6.18 Å². The van der Waals surface area contributed by atoms with Gasteiger partial charge < -0.3 is 0 Å². The van der Waals surface area contributed by atoms with E-state index in [1.165, 1.54) is 0 Å². The number of halogens is 3. The summed E-state index contributed by atoms with van der Waals surface area (Å²) < 4.78 is 39.7. The Morgan fingerprint density at radius 1 is 1.25 bits per heavy atom. The summed E-state index contributed by atoms with van der Waals surface area (Å²) >= 11 is 0. The first-order valence-electron chi connectivity index (χ1n) is 7.34. The van der Waals surface area contributed by atoms with Crippen LogP contribution in [-0.4, -0.2) is 28.7 Å². The summed E-state index contributed by atoms with van der Waals surface area (Å²) in [6, 6.07) is -1.59. The first kappa shape index (κ1) is 17.3. The van der Waals surface area contributed by atoms with E-state index in [4.69, 9.17) is 0 Å². The molecule has 0 radical (unpaired) electrons. The molecule has 118 valence electrons. The van der Waals surface area contributed by atoms with Crippen molar-refractivity contribution in [1.82, 2.24) is 10.4 Å². The van der Waals surface area contributed by atoms with Crippen molar-refractivity contribution in [3.8, 4) is 0 Å². The number of amides is 1. The molecule has 1 rings (SSSR count). The predicted octanol–water partition coefficient (Wildman–Crippen LogP) is 3.79. The molecule has 1 atom stereocenters. The Morgan fingerprint density at radius 3 is 2.30 bits per heavy atom. The Labute approximate surface area is 118 Å². The zero-order valence-corrected chi connectivity index (χ0v) is 12.5. The normalized spacial score (nSPS) is 21.0. The fraction of sp³-hybridized carbons (Fsp3) is 0.929. The molecule has 0 unspecified atom stereocenters. The highest BCUT2D eigenvalue weighted by Crippen LogP contribution is 2.35. The quantitative estimate of drug-likeness (QED) is 0.724. The number of unbranched alkanes of at least 4 members (excludes halogenated alkanes) is 4. The van der Waals surface area contributed by atoms with Crippen molar-refractivity contribution in [2.75, 3.05) is 0 Å². The van der Waals surface area contributed by atoms with Crippen LogP contribution in [0.3, 0.4) is 0 Å². The second-order valence-corrected chi connectivity index (χ2v) is 6.15. The minimum Gasteiger partial charge on any atom is -0.288 e. The smallest absolute Gasteiger partial charge is 0.288 e. The van der Waals surface area contributed by atoms with Crippen molar-refractivity contribution < 1.29 is 18.0 Å². The molecule has 1 aliphatic rings. The van der Waals surface area contributed by atoms with Crippen LogP contribution in [0.15, 0.2) is 0 Å². The van der Waals surface area contributed by atoms with Gasteiger partial charge in [-0.05, 0) is 20.3 Å². The number of carbonyl (C=O) groups excluding carboxylic acids is 1. The van der Waals surface area contributed by atoms with Gasteiger partial charge in [0.25, 0.3) is 0 Å². The molecule has 0 saturated carbocycles. The summed E-state index contributed by atoms with van der Waals surface area (Å²) in [5.41, 5.74) is 1.59. The van der Waals surface area contributed by atoms with Crippen molar-refractivity contribution in [3.05, 3.63) is 0 Å². The molecule has 20 heavy (non-hydrogen) atoms. The monoisotopic (exact) mass is 294 g/mol. The lowest BCUT2D eigenvalue weighted by atomic mass is 9.97. The molecule has 1 fully saturated rings. The third-order valence-corrected chi connectivity index (χ3v) is 3.76. The average molecular weight is 294 g/mol. The number of hydrogen-bond acceptors (Lipinski definition) is 2. The molecular weight excluding hydrogens is 269 g/mol. The molecule has 3 nitrogen and oxygen atoms in total. The molecule has 0 aromatic heterocycles. The molecule has 0 bridgehead atoms. The molecule has 6 heteroatoms. The molecule has 1 N–H and O–H groups in total. The maximum absolute atomic E-state index is 13.2. The average Bonchev–Trinajstić information content (AvgIpc) is 2.55. The largest absolute Gasteiger partial charge is 0.405 e. The summed E-state index contributed by atoms with van der Waals surface area (Å²) in [7, 11) is 0. The van der Waals surface area contributed by atoms with Crippen molar-refractivity contribution >= 4 is 5.91 Å². The molecule has 1 heterocycles. The number of hydrogen-bond donors (Lipinski definition) is 1. The van der Waals surface area contributed by atoms with Gasteiger partial charge in [-0.15, -0.1) is 0 Å². The highest BCUT2D eigenvalue weighted by Gasteiger charge is 2.51. The van der Waals surface area contributed by atoms with E-state index in [2.05, 4.69) is 12.3 Å². The molecule has 0 aromatic carbocycles. The van der Waals surface area contributed by atoms with Gasteiger partial charge in [0.1, 0.15) is 6.04 Å². The van der Waals surface area contributed by atoms with Crippen molar-refractivity contribution in [3.63, 3.8) is 0 Å². The topological polar surface area (TPSA) is 32.3 Å². The highest BCUT2D eigenvalue weighted by atomic mass is 19.4. The van der Waals surface area contributed by atoms with Crippen molar-refractivity contribution in [2.45, 2.75) is 83.5 Å². The maximum Gasteiger partial charge on any atom is 0.405 e. The summed E-state index contributed by atoms with van der Waals surface area (Å²) in [5.74, 6) is -0.338. The van der Waals surface area contributed by atoms with E-state index in [0.717, 1.165) is 30.7 Å². The van der Waals surface area contributed by atoms with Crippen LogP contribution in [0.25, 0.3) is 0 Å². The van der Waals surface area contributed by atoms with Gasteiger partial charge in [-0.3, -0.25) is 10.2 Å². The number of carbonyl (C=O) groups is 1. The van der Waals surface area contributed by atoms with Crippen molar-refractivity contribution in [2.24, 2.45) is 0 Å². The second-order valence-electron chi connectivity index (χ2n) is 6.15. The number of nitrogens with zero attached hydrogens (tertiary/aromatic N) is 1. The first-order valence-corrected chi connectivity index (χ1v) is 7.34. The standard InChI is InChI=1S/C14H25F3N2O/c1-4-5-6-7-8-9-11(14(15,16)17)19-13(2,3)10-12(20)18-19/h11H,4-10H2,1-3H3,(H,18,20)/t11-/m0/s1. The third-order valence-electron chi connectivity index (χ3n) is 3.76. The second kappa shape index (κ2) is 6.78. The van der Waals surface area contributed by atoms with E-state index in [1.807, 2.05) is 0 Å². The van der Waals surface area contributed by atoms with Gasteiger partial charge in [0.2, 0.25) is 5.91 Å². The van der Waals surface area contributed by atoms with Gasteiger partial charge in [-0.1, -0.05) is 39.0 Å². The minimum absolute atomic E-state index is 0.0386. The van der Waals surface area contributed by atoms with Gasteiger partial charge in [0, 0.05) is 12.0 Å². The van der Waals surface area contributed by atoms with Gasteiger partial charge in [-0.25, -0.2) is 5.01 Å². The Morgan fingerprint density at radius 2 is 1.85 bits per heavy atom. The number of rotatable bonds is 7. The number of nitrogens with one attached hydrogen (secondary N) is 1. The molecule has 0 aliphatic carbocycles. The zero-order valence-electron chi connectivity index (χ0n) is 12.5. The van der Waals surface area contributed by atoms with Crippen LogP contribution < -0.4 is 5.43 Å². The molecule has 0 aromatic rings. The van der Waals surface area contributed by atoms with Crippen LogP contribution in [0, 0.1) is 0 Å². The van der Waals surface area contributed by atoms with Crippen LogP contribution in [0.4, 0.5) is 13.2 Å². The lowest BCUT2D eigenvalue weighted by molar-refractivity contribution is -0.202. The summed E-state index contributed by atoms with van der Waals surface area (Å²) in [5, 5.41) is 1.11. The lowest BCUT2D eigenvalue weighted by Crippen LogP contribution is -2.56. The SMILES string of the molecule is CCCCCCC[C@H](N1NC(=O)CC1(C)C)C(F)(F)F. The predicted molar refractivity (Wildman–Crippen MR) is 71.9 cm³/mol. The van der Waals surface area contributed by atoms with E-state index in [0.29, 0.717) is 6.42 Å². The van der Waals surface area contributed by atoms with Crippen LogP contribution >= 0.6 is 0 Å². The Bertz CT molecular complexity index is 329. The van der Waals surface area contributed by atoms with Crippen LogP contribution in [-0.2, 0) is 4.79 Å². The molecule has 1 saturated heterocycles. The molecule has 0 spiro atoms. The van der Waals surface area contributed by atoms with E-state index in [9.17, 15) is 18.0 Å². The number of alkyl halides is 3. The van der Waals surface area contributed by atoms with E-state index < -0.39 is 17.8 Å². The summed E-state index contributed by atoms with van der Waals surface area (Å²) in [6.45, 7) is 5.41. The Balaban J connectivity index is 2.63. The van der Waals surface area contributed by atoms with Crippen LogP contribution in [0.2, 0.25) is 0 Å². The van der Waals surface area contributed by atoms with Gasteiger partial charge in [0.15, 0.2) is 0 Å². The first-order chi connectivity index (χ1) is 9.18. The van der Waals surface area contributed by atoms with E-state index >= 15 is 0 Å². The van der Waals surface area contributed by atoms with E-state index in [-0.39, 0.29) is 18.7 Å². The zero-order chi connectivity index (χ0) is 15.4. The Hall–Kier alpha value is -0.780. The van der Waals surface area contributed by atoms with Crippen LogP contribution in [0.1, 0.15) is 65.7 Å². The fourth-order valence-corrected chi connectivity index (χ4v) is 2.68. The molecule has 1 amide bonds. The van der Waals surface area contributed by atoms with Gasteiger partial charge in [0.05, 0.1) is 0 Å². The lowest BCUT2D eigenvalue weighted by Gasteiger charge is -2.37. The van der Waals surface area contributed by atoms with Crippen molar-refractivity contribution in [1.29, 1.82) is 0 Å². The minimum atomic E-state index is -4.32. The summed E-state index contributed by atoms with van der Waals surface area (Å²) in [4.78, 5) is 11.4. The molecule has 1 aliphatic heterocycles. The fourth-order valence-electron chi connectivity index (χ4n) is 2.68. The van der Waals surface area contributed by atoms with Gasteiger partial charge in [-0.2, -0.15) is 13.2 Å².